The number of benzene rings is 2. The highest BCUT2D eigenvalue weighted by molar-refractivity contribution is 7.89. The summed E-state index contributed by atoms with van der Waals surface area (Å²) in [5.74, 6) is -2.01. The maximum absolute atomic E-state index is 13.4. The van der Waals surface area contributed by atoms with Crippen molar-refractivity contribution >= 4 is 21.6 Å². The van der Waals surface area contributed by atoms with E-state index in [0.717, 1.165) is 17.0 Å². The number of carbonyl (C=O) groups excluding carboxylic acids is 1. The number of nitrogens with zero attached hydrogens (tertiary/aromatic N) is 1. The van der Waals surface area contributed by atoms with Crippen LogP contribution in [0.25, 0.3) is 0 Å². The SMILES string of the molecule is COc1ccc(S(=O)(=O)NCCN(C(C)=O)c2ccc(F)c(F)c2)c(C)c1. The molecule has 9 heteroatoms. The van der Waals surface area contributed by atoms with Crippen molar-refractivity contribution in [1.29, 1.82) is 0 Å². The summed E-state index contributed by atoms with van der Waals surface area (Å²) in [4.78, 5) is 13.1. The smallest absolute Gasteiger partial charge is 0.240 e. The molecule has 0 heterocycles. The summed E-state index contributed by atoms with van der Waals surface area (Å²) in [6.45, 7) is 2.74. The Kier molecular flexibility index (Phi) is 6.50. The second kappa shape index (κ2) is 8.45. The van der Waals surface area contributed by atoms with Gasteiger partial charge < -0.3 is 9.64 Å². The van der Waals surface area contributed by atoms with Crippen molar-refractivity contribution < 1.29 is 26.7 Å². The summed E-state index contributed by atoms with van der Waals surface area (Å²) < 4.78 is 58.9. The molecule has 0 radical (unpaired) electrons. The van der Waals surface area contributed by atoms with E-state index in [0.29, 0.717) is 11.3 Å². The molecule has 0 aliphatic rings. The maximum atomic E-state index is 13.4. The molecule has 0 aromatic heterocycles. The molecule has 2 aromatic carbocycles. The highest BCUT2D eigenvalue weighted by atomic mass is 32.2. The van der Waals surface area contributed by atoms with Gasteiger partial charge in [0.15, 0.2) is 11.6 Å². The Morgan fingerprint density at radius 3 is 2.41 bits per heavy atom. The van der Waals surface area contributed by atoms with Gasteiger partial charge in [0.2, 0.25) is 15.9 Å². The molecule has 0 fully saturated rings. The number of sulfonamides is 1. The van der Waals surface area contributed by atoms with Crippen LogP contribution < -0.4 is 14.4 Å². The Labute approximate surface area is 156 Å². The molecular formula is C18H20F2N2O4S. The van der Waals surface area contributed by atoms with Crippen LogP contribution >= 0.6 is 0 Å². The number of halogens is 2. The van der Waals surface area contributed by atoms with E-state index in [4.69, 9.17) is 4.74 Å². The minimum absolute atomic E-state index is 0.0468. The third-order valence-corrected chi connectivity index (χ3v) is 5.52. The van der Waals surface area contributed by atoms with Gasteiger partial charge in [-0.15, -0.1) is 0 Å². The lowest BCUT2D eigenvalue weighted by Gasteiger charge is -2.21. The fourth-order valence-corrected chi connectivity index (χ4v) is 3.79. The predicted octanol–water partition coefficient (Wildman–Crippen LogP) is 2.61. The minimum atomic E-state index is -3.81. The van der Waals surface area contributed by atoms with Gasteiger partial charge >= 0.3 is 0 Å². The van der Waals surface area contributed by atoms with Crippen LogP contribution in [0.4, 0.5) is 14.5 Å². The lowest BCUT2D eigenvalue weighted by Crippen LogP contribution is -2.37. The van der Waals surface area contributed by atoms with Gasteiger partial charge in [0, 0.05) is 31.8 Å². The summed E-state index contributed by atoms with van der Waals surface area (Å²) >= 11 is 0. The Balaban J connectivity index is 2.12. The van der Waals surface area contributed by atoms with E-state index in [2.05, 4.69) is 4.72 Å². The van der Waals surface area contributed by atoms with Gasteiger partial charge in [0.25, 0.3) is 0 Å². The number of nitrogens with one attached hydrogen (secondary N) is 1. The number of amides is 1. The van der Waals surface area contributed by atoms with Crippen molar-refractivity contribution in [2.45, 2.75) is 18.7 Å². The van der Waals surface area contributed by atoms with Gasteiger partial charge in [0.1, 0.15) is 5.75 Å². The van der Waals surface area contributed by atoms with Crippen LogP contribution in [0.5, 0.6) is 5.75 Å². The number of aryl methyl sites for hydroxylation is 1. The van der Waals surface area contributed by atoms with Crippen LogP contribution in [0.2, 0.25) is 0 Å². The number of anilines is 1. The third-order valence-electron chi connectivity index (χ3n) is 3.89. The van der Waals surface area contributed by atoms with Crippen molar-refractivity contribution in [1.82, 2.24) is 4.72 Å². The van der Waals surface area contributed by atoms with Crippen molar-refractivity contribution in [3.05, 3.63) is 53.6 Å². The highest BCUT2D eigenvalue weighted by Crippen LogP contribution is 2.21. The first-order valence-electron chi connectivity index (χ1n) is 8.03. The predicted molar refractivity (Wildman–Crippen MR) is 97.3 cm³/mol. The summed E-state index contributed by atoms with van der Waals surface area (Å²) in [7, 11) is -2.33. The lowest BCUT2D eigenvalue weighted by molar-refractivity contribution is -0.116. The van der Waals surface area contributed by atoms with Gasteiger partial charge in [-0.1, -0.05) is 0 Å². The molecule has 0 bridgehead atoms. The number of rotatable bonds is 7. The van der Waals surface area contributed by atoms with Crippen LogP contribution in [0.15, 0.2) is 41.3 Å². The summed E-state index contributed by atoms with van der Waals surface area (Å²) in [5.41, 5.74) is 0.645. The largest absolute Gasteiger partial charge is 0.497 e. The van der Waals surface area contributed by atoms with E-state index in [1.807, 2.05) is 0 Å². The molecule has 27 heavy (non-hydrogen) atoms. The first-order valence-corrected chi connectivity index (χ1v) is 9.51. The second-order valence-electron chi connectivity index (χ2n) is 5.80. The molecule has 2 aromatic rings. The standard InChI is InChI=1S/C18H20F2N2O4S/c1-12-10-15(26-3)5-7-18(12)27(24,25)21-8-9-22(13(2)23)14-4-6-16(19)17(20)11-14/h4-7,10-11,21H,8-9H2,1-3H3. The van der Waals surface area contributed by atoms with Crippen LogP contribution in [0, 0.1) is 18.6 Å². The van der Waals surface area contributed by atoms with Crippen molar-refractivity contribution in [2.24, 2.45) is 0 Å². The lowest BCUT2D eigenvalue weighted by atomic mass is 10.2. The minimum Gasteiger partial charge on any atom is -0.497 e. The van der Waals surface area contributed by atoms with Crippen LogP contribution in [-0.2, 0) is 14.8 Å². The molecule has 146 valence electrons. The zero-order valence-electron chi connectivity index (χ0n) is 15.1. The molecule has 0 aliphatic heterocycles. The zero-order valence-corrected chi connectivity index (χ0v) is 15.9. The van der Waals surface area contributed by atoms with Crippen molar-refractivity contribution in [3.63, 3.8) is 0 Å². The van der Waals surface area contributed by atoms with Crippen molar-refractivity contribution in [3.8, 4) is 5.75 Å². The van der Waals surface area contributed by atoms with E-state index in [1.165, 1.54) is 32.2 Å². The molecule has 1 amide bonds. The number of methoxy groups -OCH3 is 1. The summed E-state index contributed by atoms with van der Waals surface area (Å²) in [6, 6.07) is 7.60. The summed E-state index contributed by atoms with van der Waals surface area (Å²) in [5, 5.41) is 0. The highest BCUT2D eigenvalue weighted by Gasteiger charge is 2.19. The molecule has 6 nitrogen and oxygen atoms in total. The number of hydrogen-bond acceptors (Lipinski definition) is 4. The Bertz CT molecular complexity index is 948. The molecule has 0 saturated heterocycles. The fraction of sp³-hybridized carbons (Fsp3) is 0.278. The molecule has 0 unspecified atom stereocenters. The first kappa shape index (κ1) is 20.8. The first-order chi connectivity index (χ1) is 12.7. The van der Waals surface area contributed by atoms with Gasteiger partial charge in [-0.25, -0.2) is 21.9 Å². The Morgan fingerprint density at radius 2 is 1.85 bits per heavy atom. The fourth-order valence-electron chi connectivity index (χ4n) is 2.54. The third kappa shape index (κ3) is 5.01. The molecular weight excluding hydrogens is 378 g/mol. The number of ether oxygens (including phenoxy) is 1. The van der Waals surface area contributed by atoms with Gasteiger partial charge in [-0.05, 0) is 42.8 Å². The van der Waals surface area contributed by atoms with Gasteiger partial charge in [-0.3, -0.25) is 4.79 Å². The number of carbonyl (C=O) groups is 1. The van der Waals surface area contributed by atoms with E-state index in [1.54, 1.807) is 13.0 Å². The zero-order chi connectivity index (χ0) is 20.2. The van der Waals surface area contributed by atoms with Gasteiger partial charge in [0.05, 0.1) is 12.0 Å². The van der Waals surface area contributed by atoms with E-state index < -0.39 is 27.6 Å². The quantitative estimate of drug-likeness (QED) is 0.778. The van der Waals surface area contributed by atoms with Crippen molar-refractivity contribution in [2.75, 3.05) is 25.1 Å². The van der Waals surface area contributed by atoms with Crippen LogP contribution in [-0.4, -0.2) is 34.5 Å². The normalized spacial score (nSPS) is 11.3. The maximum Gasteiger partial charge on any atom is 0.240 e. The average Bonchev–Trinajstić information content (AvgIpc) is 2.60. The topological polar surface area (TPSA) is 75.7 Å². The monoisotopic (exact) mass is 398 g/mol. The molecule has 1 N–H and O–H groups in total. The molecule has 0 atom stereocenters. The average molecular weight is 398 g/mol. The Hall–Kier alpha value is -2.52. The van der Waals surface area contributed by atoms with E-state index in [-0.39, 0.29) is 23.7 Å². The van der Waals surface area contributed by atoms with E-state index in [9.17, 15) is 22.0 Å². The molecule has 2 rings (SSSR count). The van der Waals surface area contributed by atoms with Gasteiger partial charge in [-0.2, -0.15) is 0 Å². The van der Waals surface area contributed by atoms with E-state index >= 15 is 0 Å². The Morgan fingerprint density at radius 1 is 1.15 bits per heavy atom. The molecule has 0 saturated carbocycles. The summed E-state index contributed by atoms with van der Waals surface area (Å²) in [6.07, 6.45) is 0. The second-order valence-corrected chi connectivity index (χ2v) is 7.53. The number of hydrogen-bond donors (Lipinski definition) is 1. The van der Waals surface area contributed by atoms with Crippen LogP contribution in [0.1, 0.15) is 12.5 Å². The van der Waals surface area contributed by atoms with Crippen LogP contribution in [0.3, 0.4) is 0 Å². The molecule has 0 spiro atoms. The molecule has 0 aliphatic carbocycles.